The van der Waals surface area contributed by atoms with Crippen LogP contribution in [-0.2, 0) is 20.7 Å². The molecule has 2 aromatic rings. The molecule has 1 atom stereocenters. The zero-order valence-corrected chi connectivity index (χ0v) is 14.3. The summed E-state index contributed by atoms with van der Waals surface area (Å²) in [5.41, 5.74) is 0.779. The molecule has 0 saturated heterocycles. The van der Waals surface area contributed by atoms with Gasteiger partial charge in [0.15, 0.2) is 6.04 Å². The minimum atomic E-state index is -1.14. The maximum absolute atomic E-state index is 11.8. The van der Waals surface area contributed by atoms with E-state index < -0.39 is 12.0 Å². The van der Waals surface area contributed by atoms with Gasteiger partial charge >= 0.3 is 5.97 Å². The second kappa shape index (κ2) is 9.14. The van der Waals surface area contributed by atoms with Gasteiger partial charge in [0.25, 0.3) is 0 Å². The normalized spacial score (nSPS) is 11.9. The standard InChI is InChI=1S/C16H18ClN3O5/c1-24-9-12(16(22)23)18-13(21)3-2-4-14-19-15(20-25-14)10-5-7-11(17)8-6-10/h5-8,12H,2-4,9H2,1H3,(H,18,21)(H,22,23). The van der Waals surface area contributed by atoms with Gasteiger partial charge in [0.05, 0.1) is 6.61 Å². The fourth-order valence-electron chi connectivity index (χ4n) is 2.08. The largest absolute Gasteiger partial charge is 0.480 e. The van der Waals surface area contributed by atoms with Gasteiger partial charge in [0.2, 0.25) is 17.6 Å². The molecular formula is C16H18ClN3O5. The molecule has 9 heteroatoms. The van der Waals surface area contributed by atoms with E-state index in [9.17, 15) is 9.59 Å². The predicted octanol–water partition coefficient (Wildman–Crippen LogP) is 1.93. The molecule has 0 bridgehead atoms. The Balaban J connectivity index is 1.81. The lowest BCUT2D eigenvalue weighted by Gasteiger charge is -2.12. The number of carboxylic acid groups (broad SMARTS) is 1. The molecule has 0 radical (unpaired) electrons. The third-order valence-corrected chi connectivity index (χ3v) is 3.58. The van der Waals surface area contributed by atoms with Crippen LogP contribution in [0.15, 0.2) is 28.8 Å². The first kappa shape index (κ1) is 18.9. The molecule has 0 aliphatic rings. The highest BCUT2D eigenvalue weighted by molar-refractivity contribution is 6.30. The van der Waals surface area contributed by atoms with Crippen molar-refractivity contribution < 1.29 is 24.0 Å². The van der Waals surface area contributed by atoms with E-state index in [-0.39, 0.29) is 18.9 Å². The maximum atomic E-state index is 11.8. The summed E-state index contributed by atoms with van der Waals surface area (Å²) in [6, 6.07) is 5.97. The Morgan fingerprint density at radius 3 is 2.72 bits per heavy atom. The van der Waals surface area contributed by atoms with Crippen molar-refractivity contribution in [1.29, 1.82) is 0 Å². The van der Waals surface area contributed by atoms with Crippen molar-refractivity contribution in [1.82, 2.24) is 15.5 Å². The van der Waals surface area contributed by atoms with Gasteiger partial charge in [-0.3, -0.25) is 4.79 Å². The molecule has 1 aromatic carbocycles. The summed E-state index contributed by atoms with van der Waals surface area (Å²) in [5.74, 6) is -0.659. The number of carbonyl (C=O) groups is 2. The van der Waals surface area contributed by atoms with E-state index in [0.29, 0.717) is 29.6 Å². The predicted molar refractivity (Wildman–Crippen MR) is 89.1 cm³/mol. The van der Waals surface area contributed by atoms with Gasteiger partial charge in [-0.05, 0) is 30.7 Å². The van der Waals surface area contributed by atoms with Crippen LogP contribution in [-0.4, -0.2) is 46.9 Å². The third kappa shape index (κ3) is 5.84. The van der Waals surface area contributed by atoms with E-state index >= 15 is 0 Å². The summed E-state index contributed by atoms with van der Waals surface area (Å²) in [5, 5.41) is 15.8. The highest BCUT2D eigenvalue weighted by Crippen LogP contribution is 2.19. The van der Waals surface area contributed by atoms with E-state index in [2.05, 4.69) is 15.5 Å². The fraction of sp³-hybridized carbons (Fsp3) is 0.375. The molecule has 25 heavy (non-hydrogen) atoms. The Morgan fingerprint density at radius 1 is 1.36 bits per heavy atom. The van der Waals surface area contributed by atoms with Gasteiger partial charge in [-0.1, -0.05) is 16.8 Å². The van der Waals surface area contributed by atoms with Crippen molar-refractivity contribution in [2.75, 3.05) is 13.7 Å². The lowest BCUT2D eigenvalue weighted by atomic mass is 10.2. The molecule has 0 spiro atoms. The lowest BCUT2D eigenvalue weighted by Crippen LogP contribution is -2.43. The highest BCUT2D eigenvalue weighted by atomic mass is 35.5. The average molecular weight is 368 g/mol. The number of carbonyl (C=O) groups excluding carboxylic acids is 1. The van der Waals surface area contributed by atoms with Crippen LogP contribution in [0.4, 0.5) is 0 Å². The number of methoxy groups -OCH3 is 1. The molecule has 1 amide bonds. The molecule has 0 fully saturated rings. The summed E-state index contributed by atoms with van der Waals surface area (Å²) in [6.45, 7) is -0.0881. The molecule has 1 heterocycles. The van der Waals surface area contributed by atoms with Crippen LogP contribution >= 0.6 is 11.6 Å². The number of nitrogens with zero attached hydrogens (tertiary/aromatic N) is 2. The summed E-state index contributed by atoms with van der Waals surface area (Å²) >= 11 is 5.83. The second-order valence-electron chi connectivity index (χ2n) is 5.29. The lowest BCUT2D eigenvalue weighted by molar-refractivity contribution is -0.143. The number of rotatable bonds is 9. The number of aryl methyl sites for hydroxylation is 1. The van der Waals surface area contributed by atoms with Crippen LogP contribution in [0.2, 0.25) is 5.02 Å². The van der Waals surface area contributed by atoms with E-state index in [1.165, 1.54) is 7.11 Å². The van der Waals surface area contributed by atoms with E-state index in [1.54, 1.807) is 24.3 Å². The average Bonchev–Trinajstić information content (AvgIpc) is 3.04. The number of aromatic nitrogens is 2. The Labute approximate surface area is 149 Å². The topological polar surface area (TPSA) is 115 Å². The van der Waals surface area contributed by atoms with E-state index in [1.807, 2.05) is 0 Å². The number of aliphatic carboxylic acids is 1. The van der Waals surface area contributed by atoms with Crippen molar-refractivity contribution >= 4 is 23.5 Å². The Hall–Kier alpha value is -2.45. The summed E-state index contributed by atoms with van der Waals surface area (Å²) in [7, 11) is 1.37. The van der Waals surface area contributed by atoms with Gasteiger partial charge in [-0.2, -0.15) is 4.98 Å². The Morgan fingerprint density at radius 2 is 2.08 bits per heavy atom. The fourth-order valence-corrected chi connectivity index (χ4v) is 2.21. The number of carboxylic acids is 1. The zero-order chi connectivity index (χ0) is 18.2. The smallest absolute Gasteiger partial charge is 0.328 e. The molecule has 8 nitrogen and oxygen atoms in total. The van der Waals surface area contributed by atoms with E-state index in [0.717, 1.165) is 5.56 Å². The van der Waals surface area contributed by atoms with Crippen molar-refractivity contribution in [2.24, 2.45) is 0 Å². The number of benzene rings is 1. The van der Waals surface area contributed by atoms with E-state index in [4.69, 9.17) is 26.0 Å². The molecule has 134 valence electrons. The summed E-state index contributed by atoms with van der Waals surface area (Å²) in [4.78, 5) is 27.0. The number of nitrogens with one attached hydrogen (secondary N) is 1. The molecular weight excluding hydrogens is 350 g/mol. The van der Waals surface area contributed by atoms with Crippen LogP contribution in [0, 0.1) is 0 Å². The van der Waals surface area contributed by atoms with Crippen molar-refractivity contribution in [3.05, 3.63) is 35.2 Å². The molecule has 0 saturated carbocycles. The number of halogens is 1. The zero-order valence-electron chi connectivity index (χ0n) is 13.6. The van der Waals surface area contributed by atoms with Crippen LogP contribution < -0.4 is 5.32 Å². The SMILES string of the molecule is COCC(NC(=O)CCCc1nc(-c2ccc(Cl)cc2)no1)C(=O)O. The first-order chi connectivity index (χ1) is 12.0. The molecule has 1 aromatic heterocycles. The summed E-state index contributed by atoms with van der Waals surface area (Å²) in [6.07, 6.45) is 1.01. The number of amides is 1. The summed E-state index contributed by atoms with van der Waals surface area (Å²) < 4.78 is 9.90. The number of hydrogen-bond acceptors (Lipinski definition) is 6. The monoisotopic (exact) mass is 367 g/mol. The molecule has 2 rings (SSSR count). The van der Waals surface area contributed by atoms with Gasteiger partial charge in [-0.25, -0.2) is 4.79 Å². The van der Waals surface area contributed by atoms with Crippen LogP contribution in [0.3, 0.4) is 0 Å². The van der Waals surface area contributed by atoms with Gasteiger partial charge in [-0.15, -0.1) is 0 Å². The number of ether oxygens (including phenoxy) is 1. The van der Waals surface area contributed by atoms with Gasteiger partial charge in [0.1, 0.15) is 0 Å². The van der Waals surface area contributed by atoms with Crippen LogP contribution in [0.5, 0.6) is 0 Å². The third-order valence-electron chi connectivity index (χ3n) is 3.33. The van der Waals surface area contributed by atoms with Gasteiger partial charge < -0.3 is 19.7 Å². The van der Waals surface area contributed by atoms with Crippen LogP contribution in [0.1, 0.15) is 18.7 Å². The molecule has 0 aliphatic heterocycles. The molecule has 0 aliphatic carbocycles. The number of hydrogen-bond donors (Lipinski definition) is 2. The highest BCUT2D eigenvalue weighted by Gasteiger charge is 2.19. The second-order valence-corrected chi connectivity index (χ2v) is 5.72. The van der Waals surface area contributed by atoms with Gasteiger partial charge in [0, 0.05) is 30.5 Å². The first-order valence-electron chi connectivity index (χ1n) is 7.59. The van der Waals surface area contributed by atoms with Crippen LogP contribution in [0.25, 0.3) is 11.4 Å². The van der Waals surface area contributed by atoms with Crippen molar-refractivity contribution in [2.45, 2.75) is 25.3 Å². The minimum Gasteiger partial charge on any atom is -0.480 e. The molecule has 2 N–H and O–H groups in total. The van der Waals surface area contributed by atoms with Crippen molar-refractivity contribution in [3.8, 4) is 11.4 Å². The van der Waals surface area contributed by atoms with Crippen molar-refractivity contribution in [3.63, 3.8) is 0 Å². The Kier molecular flexibility index (Phi) is 6.91. The first-order valence-corrected chi connectivity index (χ1v) is 7.97. The maximum Gasteiger partial charge on any atom is 0.328 e. The molecule has 1 unspecified atom stereocenters. The Bertz CT molecular complexity index is 717. The minimum absolute atomic E-state index is 0.0881. The quantitative estimate of drug-likeness (QED) is 0.695.